The zero-order valence-corrected chi connectivity index (χ0v) is 17.1. The minimum absolute atomic E-state index is 0. The Morgan fingerprint density at radius 3 is 2.64 bits per heavy atom. The van der Waals surface area contributed by atoms with E-state index in [9.17, 15) is 4.79 Å². The number of hydrogen-bond donors (Lipinski definition) is 0. The number of carbonyl (C=O) groups is 1. The first kappa shape index (κ1) is 20.6. The van der Waals surface area contributed by atoms with Gasteiger partial charge in [-0.1, -0.05) is 12.1 Å². The molecule has 0 N–H and O–H groups in total. The molecule has 2 fully saturated rings. The summed E-state index contributed by atoms with van der Waals surface area (Å²) < 4.78 is 15.4. The van der Waals surface area contributed by atoms with Crippen LogP contribution in [0.15, 0.2) is 34.9 Å². The highest BCUT2D eigenvalue weighted by Gasteiger charge is 2.46. The van der Waals surface area contributed by atoms with Crippen molar-refractivity contribution in [2.45, 2.75) is 12.6 Å². The van der Waals surface area contributed by atoms with E-state index in [1.54, 1.807) is 7.11 Å². The van der Waals surface area contributed by atoms with Gasteiger partial charge in [-0.25, -0.2) is 9.78 Å². The quantitative estimate of drug-likeness (QED) is 0.705. The largest absolute Gasteiger partial charge is 0.497 e. The highest BCUT2D eigenvalue weighted by atomic mass is 35.5. The van der Waals surface area contributed by atoms with Crippen LogP contribution in [0, 0.1) is 11.8 Å². The van der Waals surface area contributed by atoms with E-state index in [1.807, 2.05) is 12.1 Å². The van der Waals surface area contributed by atoms with Crippen molar-refractivity contribution in [3.05, 3.63) is 47.7 Å². The van der Waals surface area contributed by atoms with Crippen molar-refractivity contribution in [1.82, 2.24) is 14.8 Å². The molecular weight excluding hydrogens is 382 g/mol. The Morgan fingerprint density at radius 2 is 1.96 bits per heavy atom. The number of likely N-dealkylation sites (tertiary alicyclic amines) is 2. The molecule has 0 saturated carbocycles. The van der Waals surface area contributed by atoms with Gasteiger partial charge in [0.2, 0.25) is 5.89 Å². The Morgan fingerprint density at radius 1 is 1.21 bits per heavy atom. The molecule has 0 amide bonds. The normalized spacial score (nSPS) is 24.6. The Labute approximate surface area is 171 Å². The smallest absolute Gasteiger partial charge is 0.360 e. The van der Waals surface area contributed by atoms with Gasteiger partial charge < -0.3 is 13.9 Å². The van der Waals surface area contributed by atoms with Gasteiger partial charge in [0.25, 0.3) is 0 Å². The topological polar surface area (TPSA) is 68.0 Å². The zero-order valence-electron chi connectivity index (χ0n) is 16.3. The van der Waals surface area contributed by atoms with E-state index in [0.717, 1.165) is 25.4 Å². The number of nitrogens with zero attached hydrogens (tertiary/aromatic N) is 3. The molecule has 0 aliphatic carbocycles. The average Bonchev–Trinajstić information content (AvgIpc) is 3.36. The molecule has 3 heterocycles. The lowest BCUT2D eigenvalue weighted by Gasteiger charge is -2.26. The van der Waals surface area contributed by atoms with Crippen LogP contribution in [-0.4, -0.2) is 61.7 Å². The average molecular weight is 408 g/mol. The van der Waals surface area contributed by atoms with E-state index < -0.39 is 5.97 Å². The predicted octanol–water partition coefficient (Wildman–Crippen LogP) is 2.63. The third kappa shape index (κ3) is 3.87. The molecule has 2 saturated heterocycles. The van der Waals surface area contributed by atoms with Crippen LogP contribution in [0.4, 0.5) is 0 Å². The standard InChI is InChI=1S/C20H25N3O4.ClH/c1-22-8-14-9-23(11-18-21-17(12-27-18)20(24)26-3)10-16(14)19(22)13-4-6-15(25-2)7-5-13;/h4-7,12,14,16,19H,8-11H2,1-3H3;1H/t14-,16+,19+;/m0./s1. The highest BCUT2D eigenvalue weighted by Crippen LogP contribution is 2.44. The van der Waals surface area contributed by atoms with Gasteiger partial charge in [-0.15, -0.1) is 12.4 Å². The second kappa shape index (κ2) is 8.51. The lowest BCUT2D eigenvalue weighted by Crippen LogP contribution is -2.29. The first-order valence-corrected chi connectivity index (χ1v) is 9.18. The minimum Gasteiger partial charge on any atom is -0.497 e. The van der Waals surface area contributed by atoms with Crippen LogP contribution in [-0.2, 0) is 11.3 Å². The maximum Gasteiger partial charge on any atom is 0.360 e. The van der Waals surface area contributed by atoms with Gasteiger partial charge in [0.1, 0.15) is 12.0 Å². The number of oxazole rings is 1. The van der Waals surface area contributed by atoms with Gasteiger partial charge in [-0.05, 0) is 36.6 Å². The van der Waals surface area contributed by atoms with E-state index in [1.165, 1.54) is 18.9 Å². The molecule has 8 heteroatoms. The summed E-state index contributed by atoms with van der Waals surface area (Å²) in [5.74, 6) is 2.17. The van der Waals surface area contributed by atoms with Crippen LogP contribution >= 0.6 is 12.4 Å². The lowest BCUT2D eigenvalue weighted by atomic mass is 9.89. The molecule has 0 spiro atoms. The molecule has 1 aromatic carbocycles. The zero-order chi connectivity index (χ0) is 19.0. The van der Waals surface area contributed by atoms with E-state index in [-0.39, 0.29) is 18.1 Å². The van der Waals surface area contributed by atoms with Gasteiger partial charge in [0.05, 0.1) is 20.8 Å². The van der Waals surface area contributed by atoms with Crippen molar-refractivity contribution < 1.29 is 18.7 Å². The molecule has 152 valence electrons. The van der Waals surface area contributed by atoms with Gasteiger partial charge >= 0.3 is 5.97 Å². The number of esters is 1. The van der Waals surface area contributed by atoms with Crippen molar-refractivity contribution in [2.24, 2.45) is 11.8 Å². The second-order valence-electron chi connectivity index (χ2n) is 7.39. The first-order valence-electron chi connectivity index (χ1n) is 9.18. The van der Waals surface area contributed by atoms with Gasteiger partial charge in [-0.3, -0.25) is 9.80 Å². The Hall–Kier alpha value is -2.09. The number of halogens is 1. The summed E-state index contributed by atoms with van der Waals surface area (Å²) in [6.45, 7) is 3.69. The Balaban J connectivity index is 0.00000225. The molecule has 2 aliphatic rings. The summed E-state index contributed by atoms with van der Waals surface area (Å²) in [6, 6.07) is 8.80. The molecule has 7 nitrogen and oxygen atoms in total. The van der Waals surface area contributed by atoms with E-state index in [4.69, 9.17) is 9.15 Å². The number of ether oxygens (including phenoxy) is 2. The van der Waals surface area contributed by atoms with E-state index >= 15 is 0 Å². The molecule has 0 bridgehead atoms. The summed E-state index contributed by atoms with van der Waals surface area (Å²) in [6.07, 6.45) is 1.37. The fraction of sp³-hybridized carbons (Fsp3) is 0.500. The summed E-state index contributed by atoms with van der Waals surface area (Å²) in [4.78, 5) is 20.6. The van der Waals surface area contributed by atoms with Crippen LogP contribution in [0.3, 0.4) is 0 Å². The van der Waals surface area contributed by atoms with Crippen LogP contribution in [0.2, 0.25) is 0 Å². The number of hydrogen-bond acceptors (Lipinski definition) is 7. The number of methoxy groups -OCH3 is 2. The molecule has 2 aromatic rings. The lowest BCUT2D eigenvalue weighted by molar-refractivity contribution is 0.0594. The SMILES string of the molecule is COC(=O)c1coc(CN2C[C@@H]3CN(C)[C@H](c4ccc(OC)cc4)[C@@H]3C2)n1.Cl. The van der Waals surface area contributed by atoms with Crippen molar-refractivity contribution >= 4 is 18.4 Å². The monoisotopic (exact) mass is 407 g/mol. The third-order valence-corrected chi connectivity index (χ3v) is 5.73. The van der Waals surface area contributed by atoms with Gasteiger partial charge in [0, 0.05) is 25.7 Å². The molecule has 28 heavy (non-hydrogen) atoms. The van der Waals surface area contributed by atoms with Crippen LogP contribution in [0.1, 0.15) is 28.0 Å². The van der Waals surface area contributed by atoms with E-state index in [0.29, 0.717) is 30.3 Å². The number of rotatable bonds is 5. The number of benzene rings is 1. The van der Waals surface area contributed by atoms with Crippen LogP contribution in [0.25, 0.3) is 0 Å². The summed E-state index contributed by atoms with van der Waals surface area (Å²) in [5, 5.41) is 0. The fourth-order valence-corrected chi connectivity index (χ4v) is 4.55. The van der Waals surface area contributed by atoms with Crippen LogP contribution < -0.4 is 4.74 Å². The second-order valence-corrected chi connectivity index (χ2v) is 7.39. The number of aromatic nitrogens is 1. The van der Waals surface area contributed by atoms with E-state index in [2.05, 4.69) is 38.7 Å². The van der Waals surface area contributed by atoms with Crippen molar-refractivity contribution in [1.29, 1.82) is 0 Å². The minimum atomic E-state index is -0.468. The maximum atomic E-state index is 11.5. The Bertz CT molecular complexity index is 810. The van der Waals surface area contributed by atoms with Gasteiger partial charge in [0.15, 0.2) is 5.69 Å². The molecule has 0 unspecified atom stereocenters. The molecule has 2 aliphatic heterocycles. The summed E-state index contributed by atoms with van der Waals surface area (Å²) in [7, 11) is 5.23. The van der Waals surface area contributed by atoms with Gasteiger partial charge in [-0.2, -0.15) is 0 Å². The fourth-order valence-electron chi connectivity index (χ4n) is 4.55. The maximum absolute atomic E-state index is 11.5. The molecule has 1 aromatic heterocycles. The summed E-state index contributed by atoms with van der Waals surface area (Å²) >= 11 is 0. The van der Waals surface area contributed by atoms with Crippen LogP contribution in [0.5, 0.6) is 5.75 Å². The highest BCUT2D eigenvalue weighted by molar-refractivity contribution is 5.86. The molecule has 4 rings (SSSR count). The molecular formula is C20H26ClN3O4. The molecule has 3 atom stereocenters. The van der Waals surface area contributed by atoms with Crippen molar-refractivity contribution in [3.63, 3.8) is 0 Å². The Kier molecular flexibility index (Phi) is 6.27. The summed E-state index contributed by atoms with van der Waals surface area (Å²) in [5.41, 5.74) is 1.56. The number of carbonyl (C=O) groups excluding carboxylic acids is 1. The molecule has 0 radical (unpaired) electrons. The number of fused-ring (bicyclic) bond motifs is 1. The predicted molar refractivity (Wildman–Crippen MR) is 106 cm³/mol. The van der Waals surface area contributed by atoms with Crippen molar-refractivity contribution in [3.8, 4) is 5.75 Å². The first-order chi connectivity index (χ1) is 13.1. The third-order valence-electron chi connectivity index (χ3n) is 5.73. The van der Waals surface area contributed by atoms with Crippen molar-refractivity contribution in [2.75, 3.05) is 40.9 Å².